The molecule has 1 fully saturated rings. The van der Waals surface area contributed by atoms with Gasteiger partial charge >= 0.3 is 0 Å². The van der Waals surface area contributed by atoms with Gasteiger partial charge in [-0.15, -0.1) is 10.2 Å². The van der Waals surface area contributed by atoms with Crippen molar-refractivity contribution < 1.29 is 9.84 Å². The molecule has 6 nitrogen and oxygen atoms in total. The van der Waals surface area contributed by atoms with Gasteiger partial charge in [0.15, 0.2) is 5.65 Å². The fourth-order valence-electron chi connectivity index (χ4n) is 3.27. The van der Waals surface area contributed by atoms with Crippen molar-refractivity contribution >= 4 is 5.65 Å². The summed E-state index contributed by atoms with van der Waals surface area (Å²) in [6.07, 6.45) is 3.79. The molecule has 2 aromatic rings. The minimum absolute atomic E-state index is 0.216. The van der Waals surface area contributed by atoms with E-state index in [1.807, 2.05) is 45.2 Å². The van der Waals surface area contributed by atoms with Crippen LogP contribution >= 0.6 is 0 Å². The van der Waals surface area contributed by atoms with Gasteiger partial charge in [0.25, 0.3) is 0 Å². The lowest BCUT2D eigenvalue weighted by molar-refractivity contribution is -0.0575. The van der Waals surface area contributed by atoms with E-state index in [1.54, 1.807) is 0 Å². The van der Waals surface area contributed by atoms with Crippen LogP contribution in [0.5, 0.6) is 0 Å². The number of fused-ring (bicyclic) bond motifs is 1. The quantitative estimate of drug-likeness (QED) is 0.908. The Morgan fingerprint density at radius 2 is 2.17 bits per heavy atom. The molecule has 1 N–H and O–H groups in total. The lowest BCUT2D eigenvalue weighted by Gasteiger charge is -2.33. The first-order valence-electron chi connectivity index (χ1n) is 8.76. The molecule has 0 bridgehead atoms. The largest absolute Gasteiger partial charge is 0.389 e. The zero-order valence-corrected chi connectivity index (χ0v) is 14.9. The van der Waals surface area contributed by atoms with Crippen molar-refractivity contribution in [3.05, 3.63) is 30.2 Å². The van der Waals surface area contributed by atoms with Crippen molar-refractivity contribution in [2.75, 3.05) is 26.2 Å². The number of aliphatic hydroxyl groups excluding tert-OH is 1. The standard InChI is InChI=1S/C18H28N4O2/c1-18(2,3)24-13-15(23)12-21-9-6-7-14(11-21)17-20-19-16-8-4-5-10-22(16)17/h4-5,8,10,14-15,23H,6-7,9,11-13H2,1-3H3. The minimum atomic E-state index is -0.460. The summed E-state index contributed by atoms with van der Waals surface area (Å²) in [5.74, 6) is 1.38. The topological polar surface area (TPSA) is 62.9 Å². The van der Waals surface area contributed by atoms with Crippen LogP contribution in [0.4, 0.5) is 0 Å². The van der Waals surface area contributed by atoms with E-state index in [-0.39, 0.29) is 5.60 Å². The van der Waals surface area contributed by atoms with Gasteiger partial charge < -0.3 is 9.84 Å². The van der Waals surface area contributed by atoms with E-state index in [0.717, 1.165) is 37.4 Å². The smallest absolute Gasteiger partial charge is 0.160 e. The average molecular weight is 332 g/mol. The zero-order valence-electron chi connectivity index (χ0n) is 14.9. The summed E-state index contributed by atoms with van der Waals surface area (Å²) in [4.78, 5) is 2.31. The number of rotatable bonds is 5. The normalized spacial score (nSPS) is 21.2. The van der Waals surface area contributed by atoms with E-state index in [1.165, 1.54) is 0 Å². The molecule has 2 atom stereocenters. The summed E-state index contributed by atoms with van der Waals surface area (Å²) in [7, 11) is 0. The molecular weight excluding hydrogens is 304 g/mol. The number of β-amino-alcohol motifs (C(OH)–C–C–N with tert-alkyl or cyclic N) is 1. The number of likely N-dealkylation sites (tertiary alicyclic amines) is 1. The first-order valence-corrected chi connectivity index (χ1v) is 8.76. The highest BCUT2D eigenvalue weighted by Gasteiger charge is 2.26. The Morgan fingerprint density at radius 3 is 2.96 bits per heavy atom. The number of aliphatic hydroxyl groups is 1. The molecular formula is C18H28N4O2. The summed E-state index contributed by atoms with van der Waals surface area (Å²) in [6, 6.07) is 5.96. The molecule has 2 unspecified atom stereocenters. The Hall–Kier alpha value is -1.50. The molecule has 1 aliphatic rings. The highest BCUT2D eigenvalue weighted by atomic mass is 16.5. The molecule has 1 aliphatic heterocycles. The molecule has 0 spiro atoms. The van der Waals surface area contributed by atoms with Gasteiger partial charge in [0.05, 0.1) is 18.3 Å². The number of nitrogens with zero attached hydrogens (tertiary/aromatic N) is 4. The third-order valence-electron chi connectivity index (χ3n) is 4.39. The molecule has 2 aromatic heterocycles. The van der Waals surface area contributed by atoms with Crippen molar-refractivity contribution in [2.45, 2.75) is 51.2 Å². The molecule has 6 heteroatoms. The van der Waals surface area contributed by atoms with Crippen LogP contribution in [0.3, 0.4) is 0 Å². The summed E-state index contributed by atoms with van der Waals surface area (Å²) in [5, 5.41) is 18.9. The zero-order chi connectivity index (χ0) is 17.2. The minimum Gasteiger partial charge on any atom is -0.389 e. The van der Waals surface area contributed by atoms with E-state index >= 15 is 0 Å². The second kappa shape index (κ2) is 7.17. The number of piperidine rings is 1. The summed E-state index contributed by atoms with van der Waals surface area (Å²) in [5.41, 5.74) is 0.675. The summed E-state index contributed by atoms with van der Waals surface area (Å²) < 4.78 is 7.76. The van der Waals surface area contributed by atoms with Crippen LogP contribution in [-0.4, -0.2) is 62.6 Å². The Balaban J connectivity index is 1.60. The Labute approximate surface area is 143 Å². The maximum absolute atomic E-state index is 10.3. The SMILES string of the molecule is CC(C)(C)OCC(O)CN1CCCC(c2nnc3ccccn23)C1. The van der Waals surface area contributed by atoms with Crippen LogP contribution in [0.1, 0.15) is 45.4 Å². The molecule has 0 amide bonds. The van der Waals surface area contributed by atoms with Gasteiger partial charge in [0, 0.05) is 25.2 Å². The highest BCUT2D eigenvalue weighted by molar-refractivity contribution is 5.37. The van der Waals surface area contributed by atoms with Crippen LogP contribution in [-0.2, 0) is 4.74 Å². The molecule has 3 rings (SSSR count). The highest BCUT2D eigenvalue weighted by Crippen LogP contribution is 2.26. The molecule has 0 saturated carbocycles. The van der Waals surface area contributed by atoms with Crippen molar-refractivity contribution in [2.24, 2.45) is 0 Å². The third-order valence-corrected chi connectivity index (χ3v) is 4.39. The Bertz CT molecular complexity index is 664. The van der Waals surface area contributed by atoms with Crippen LogP contribution in [0, 0.1) is 0 Å². The van der Waals surface area contributed by atoms with E-state index in [0.29, 0.717) is 19.1 Å². The fourth-order valence-corrected chi connectivity index (χ4v) is 3.27. The van der Waals surface area contributed by atoms with E-state index < -0.39 is 6.10 Å². The Kier molecular flexibility index (Phi) is 5.18. The van der Waals surface area contributed by atoms with Gasteiger partial charge in [-0.1, -0.05) is 6.07 Å². The Morgan fingerprint density at radius 1 is 1.33 bits per heavy atom. The van der Waals surface area contributed by atoms with E-state index in [9.17, 15) is 5.11 Å². The van der Waals surface area contributed by atoms with Gasteiger partial charge in [-0.05, 0) is 52.3 Å². The third kappa shape index (κ3) is 4.32. The number of hydrogen-bond acceptors (Lipinski definition) is 5. The molecule has 24 heavy (non-hydrogen) atoms. The molecule has 132 valence electrons. The van der Waals surface area contributed by atoms with Gasteiger partial charge in [0.2, 0.25) is 0 Å². The first-order chi connectivity index (χ1) is 11.4. The number of hydrogen-bond donors (Lipinski definition) is 1. The predicted octanol–water partition coefficient (Wildman–Crippen LogP) is 2.08. The monoisotopic (exact) mass is 332 g/mol. The van der Waals surface area contributed by atoms with E-state index in [2.05, 4.69) is 19.5 Å². The van der Waals surface area contributed by atoms with Crippen molar-refractivity contribution in [1.82, 2.24) is 19.5 Å². The fraction of sp³-hybridized carbons (Fsp3) is 0.667. The van der Waals surface area contributed by atoms with Crippen LogP contribution < -0.4 is 0 Å². The second-order valence-electron chi connectivity index (χ2n) is 7.66. The van der Waals surface area contributed by atoms with Gasteiger partial charge in [-0.2, -0.15) is 0 Å². The maximum Gasteiger partial charge on any atom is 0.160 e. The van der Waals surface area contributed by atoms with Crippen molar-refractivity contribution in [3.8, 4) is 0 Å². The lowest BCUT2D eigenvalue weighted by atomic mass is 9.97. The second-order valence-corrected chi connectivity index (χ2v) is 7.66. The average Bonchev–Trinajstić information content (AvgIpc) is 2.97. The van der Waals surface area contributed by atoms with Gasteiger partial charge in [-0.3, -0.25) is 9.30 Å². The molecule has 0 aromatic carbocycles. The molecule has 1 saturated heterocycles. The van der Waals surface area contributed by atoms with Crippen LogP contribution in [0.15, 0.2) is 24.4 Å². The molecule has 3 heterocycles. The molecule has 0 aliphatic carbocycles. The maximum atomic E-state index is 10.3. The lowest BCUT2D eigenvalue weighted by Crippen LogP contribution is -2.42. The first kappa shape index (κ1) is 17.3. The predicted molar refractivity (Wildman–Crippen MR) is 93.1 cm³/mol. The van der Waals surface area contributed by atoms with Crippen LogP contribution in [0.2, 0.25) is 0 Å². The van der Waals surface area contributed by atoms with Crippen molar-refractivity contribution in [1.29, 1.82) is 0 Å². The van der Waals surface area contributed by atoms with Crippen molar-refractivity contribution in [3.63, 3.8) is 0 Å². The molecule has 0 radical (unpaired) electrons. The van der Waals surface area contributed by atoms with Crippen LogP contribution in [0.25, 0.3) is 5.65 Å². The summed E-state index contributed by atoms with van der Waals surface area (Å²) in [6.45, 7) is 8.96. The number of aromatic nitrogens is 3. The number of ether oxygens (including phenoxy) is 1. The van der Waals surface area contributed by atoms with E-state index in [4.69, 9.17) is 4.74 Å². The summed E-state index contributed by atoms with van der Waals surface area (Å²) >= 11 is 0. The van der Waals surface area contributed by atoms with Gasteiger partial charge in [-0.25, -0.2) is 0 Å². The number of pyridine rings is 1. The van der Waals surface area contributed by atoms with Gasteiger partial charge in [0.1, 0.15) is 5.82 Å².